The van der Waals surface area contributed by atoms with E-state index in [1.165, 1.54) is 0 Å². The maximum Gasteiger partial charge on any atom is 0.213 e. The fraction of sp³-hybridized carbons (Fsp3) is 0.500. The Morgan fingerprint density at radius 1 is 1.44 bits per heavy atom. The van der Waals surface area contributed by atoms with E-state index in [-0.39, 0.29) is 5.75 Å². The van der Waals surface area contributed by atoms with Gasteiger partial charge in [-0.1, -0.05) is 0 Å². The lowest BCUT2D eigenvalue weighted by atomic mass is 10.2. The van der Waals surface area contributed by atoms with E-state index in [1.54, 1.807) is 19.4 Å². The highest BCUT2D eigenvalue weighted by atomic mass is 32.2. The monoisotopic (exact) mass is 243 g/mol. The molecular formula is C10H17N3O2S. The molecule has 0 radical (unpaired) electrons. The summed E-state index contributed by atoms with van der Waals surface area (Å²) in [5, 5.41) is 2.80. The Morgan fingerprint density at radius 2 is 2.19 bits per heavy atom. The normalized spacial score (nSPS) is 11.6. The van der Waals surface area contributed by atoms with Crippen molar-refractivity contribution in [2.24, 2.45) is 0 Å². The topological polar surface area (TPSA) is 71.1 Å². The van der Waals surface area contributed by atoms with Gasteiger partial charge < -0.3 is 5.32 Å². The van der Waals surface area contributed by atoms with E-state index in [0.29, 0.717) is 13.1 Å². The highest BCUT2D eigenvalue weighted by Crippen LogP contribution is 2.04. The summed E-state index contributed by atoms with van der Waals surface area (Å²) in [7, 11) is -1.48. The van der Waals surface area contributed by atoms with Crippen molar-refractivity contribution >= 4 is 10.0 Å². The Labute approximate surface area is 96.3 Å². The molecule has 5 nitrogen and oxygen atoms in total. The van der Waals surface area contributed by atoms with Gasteiger partial charge in [0.15, 0.2) is 0 Å². The van der Waals surface area contributed by atoms with Crippen molar-refractivity contribution in [3.05, 3.63) is 29.6 Å². The summed E-state index contributed by atoms with van der Waals surface area (Å²) in [5.74, 6) is 0.0861. The quantitative estimate of drug-likeness (QED) is 0.739. The molecular weight excluding hydrogens is 226 g/mol. The number of nitrogens with one attached hydrogen (secondary N) is 2. The van der Waals surface area contributed by atoms with E-state index in [9.17, 15) is 8.42 Å². The van der Waals surface area contributed by atoms with Gasteiger partial charge in [-0.3, -0.25) is 4.98 Å². The van der Waals surface area contributed by atoms with Gasteiger partial charge in [0.1, 0.15) is 0 Å². The summed E-state index contributed by atoms with van der Waals surface area (Å²) in [6, 6.07) is 1.86. The van der Waals surface area contributed by atoms with Gasteiger partial charge in [0, 0.05) is 25.5 Å². The van der Waals surface area contributed by atoms with Crippen LogP contribution in [-0.4, -0.2) is 32.7 Å². The fourth-order valence-electron chi connectivity index (χ4n) is 1.18. The van der Waals surface area contributed by atoms with Gasteiger partial charge >= 0.3 is 0 Å². The Kier molecular flexibility index (Phi) is 4.85. The molecule has 1 rings (SSSR count). The number of hydrogen-bond donors (Lipinski definition) is 2. The second kappa shape index (κ2) is 5.93. The van der Waals surface area contributed by atoms with Crippen molar-refractivity contribution in [2.45, 2.75) is 13.5 Å². The van der Waals surface area contributed by atoms with Crippen molar-refractivity contribution in [3.63, 3.8) is 0 Å². The predicted molar refractivity (Wildman–Crippen MR) is 63.5 cm³/mol. The first-order valence-electron chi connectivity index (χ1n) is 5.06. The number of nitrogens with zero attached hydrogens (tertiary/aromatic N) is 1. The molecule has 0 saturated heterocycles. The van der Waals surface area contributed by atoms with E-state index < -0.39 is 10.0 Å². The number of sulfonamides is 1. The molecule has 1 aromatic rings. The molecule has 0 aliphatic carbocycles. The van der Waals surface area contributed by atoms with Crippen LogP contribution < -0.4 is 10.0 Å². The van der Waals surface area contributed by atoms with Crippen LogP contribution >= 0.6 is 0 Å². The number of hydrogen-bond acceptors (Lipinski definition) is 4. The van der Waals surface area contributed by atoms with Crippen LogP contribution in [0, 0.1) is 6.92 Å². The van der Waals surface area contributed by atoms with Gasteiger partial charge in [0.05, 0.1) is 5.75 Å². The SMILES string of the molecule is CNCCS(=O)(=O)NCc1cnccc1C. The lowest BCUT2D eigenvalue weighted by molar-refractivity contribution is 0.578. The molecule has 16 heavy (non-hydrogen) atoms. The first-order chi connectivity index (χ1) is 7.55. The van der Waals surface area contributed by atoms with Crippen LogP contribution in [0.2, 0.25) is 0 Å². The Hall–Kier alpha value is -0.980. The number of aromatic nitrogens is 1. The molecule has 2 N–H and O–H groups in total. The van der Waals surface area contributed by atoms with Gasteiger partial charge in [0.2, 0.25) is 10.0 Å². The first-order valence-corrected chi connectivity index (χ1v) is 6.72. The smallest absolute Gasteiger partial charge is 0.213 e. The number of rotatable bonds is 6. The van der Waals surface area contributed by atoms with Crippen LogP contribution in [0.5, 0.6) is 0 Å². The summed E-state index contributed by atoms with van der Waals surface area (Å²) in [4.78, 5) is 3.96. The van der Waals surface area contributed by atoms with Gasteiger partial charge in [-0.25, -0.2) is 13.1 Å². The predicted octanol–water partition coefficient (Wildman–Crippen LogP) is 0.0288. The minimum absolute atomic E-state index is 0.0861. The van der Waals surface area contributed by atoms with E-state index >= 15 is 0 Å². The Bertz CT molecular complexity index is 431. The Morgan fingerprint density at radius 3 is 2.81 bits per heavy atom. The van der Waals surface area contributed by atoms with E-state index in [1.807, 2.05) is 13.0 Å². The molecule has 90 valence electrons. The van der Waals surface area contributed by atoms with Crippen molar-refractivity contribution < 1.29 is 8.42 Å². The van der Waals surface area contributed by atoms with Gasteiger partial charge in [-0.05, 0) is 31.2 Å². The molecule has 0 spiro atoms. The van der Waals surface area contributed by atoms with E-state index in [0.717, 1.165) is 11.1 Å². The highest BCUT2D eigenvalue weighted by molar-refractivity contribution is 7.89. The average Bonchev–Trinajstić information content (AvgIpc) is 2.26. The largest absolute Gasteiger partial charge is 0.319 e. The zero-order chi connectivity index (χ0) is 12.0. The van der Waals surface area contributed by atoms with Crippen LogP contribution in [0.3, 0.4) is 0 Å². The third-order valence-corrected chi connectivity index (χ3v) is 3.58. The zero-order valence-corrected chi connectivity index (χ0v) is 10.3. The second-order valence-corrected chi connectivity index (χ2v) is 5.47. The van der Waals surface area contributed by atoms with E-state index in [2.05, 4.69) is 15.0 Å². The first kappa shape index (κ1) is 13.1. The van der Waals surface area contributed by atoms with Crippen LogP contribution in [-0.2, 0) is 16.6 Å². The summed E-state index contributed by atoms with van der Waals surface area (Å²) in [5.41, 5.74) is 1.93. The number of pyridine rings is 1. The molecule has 1 aromatic heterocycles. The van der Waals surface area contributed by atoms with Crippen LogP contribution in [0.4, 0.5) is 0 Å². The lowest BCUT2D eigenvalue weighted by Gasteiger charge is -2.07. The molecule has 6 heteroatoms. The molecule has 0 fully saturated rings. The summed E-state index contributed by atoms with van der Waals surface area (Å²) >= 11 is 0. The third kappa shape index (κ3) is 4.26. The van der Waals surface area contributed by atoms with Crippen LogP contribution in [0.15, 0.2) is 18.5 Å². The van der Waals surface area contributed by atoms with Crippen molar-refractivity contribution in [2.75, 3.05) is 19.3 Å². The molecule has 0 saturated carbocycles. The average molecular weight is 243 g/mol. The molecule has 0 unspecified atom stereocenters. The van der Waals surface area contributed by atoms with Gasteiger partial charge in [0.25, 0.3) is 0 Å². The lowest BCUT2D eigenvalue weighted by Crippen LogP contribution is -2.30. The van der Waals surface area contributed by atoms with Crippen molar-refractivity contribution in [3.8, 4) is 0 Å². The Balaban J connectivity index is 2.55. The number of aryl methyl sites for hydroxylation is 1. The molecule has 0 amide bonds. The zero-order valence-electron chi connectivity index (χ0n) is 9.53. The standard InChI is InChI=1S/C10H17N3O2S/c1-9-3-4-12-7-10(9)8-13-16(14,15)6-5-11-2/h3-4,7,11,13H,5-6,8H2,1-2H3. The van der Waals surface area contributed by atoms with E-state index in [4.69, 9.17) is 0 Å². The molecule has 0 aliphatic heterocycles. The van der Waals surface area contributed by atoms with Crippen LogP contribution in [0.25, 0.3) is 0 Å². The van der Waals surface area contributed by atoms with Crippen molar-refractivity contribution in [1.29, 1.82) is 0 Å². The molecule has 1 heterocycles. The molecule has 0 aliphatic rings. The maximum absolute atomic E-state index is 11.5. The highest BCUT2D eigenvalue weighted by Gasteiger charge is 2.09. The second-order valence-electron chi connectivity index (χ2n) is 3.55. The molecule has 0 atom stereocenters. The summed E-state index contributed by atoms with van der Waals surface area (Å²) in [6.45, 7) is 2.67. The molecule has 0 bridgehead atoms. The van der Waals surface area contributed by atoms with Crippen molar-refractivity contribution in [1.82, 2.24) is 15.0 Å². The van der Waals surface area contributed by atoms with Crippen LogP contribution in [0.1, 0.15) is 11.1 Å². The minimum Gasteiger partial charge on any atom is -0.319 e. The summed E-state index contributed by atoms with van der Waals surface area (Å²) in [6.07, 6.45) is 3.37. The maximum atomic E-state index is 11.5. The summed E-state index contributed by atoms with van der Waals surface area (Å²) < 4.78 is 25.5. The minimum atomic E-state index is -3.20. The fourth-order valence-corrected chi connectivity index (χ4v) is 2.17. The van der Waals surface area contributed by atoms with Gasteiger partial charge in [-0.2, -0.15) is 0 Å². The third-order valence-electron chi connectivity index (χ3n) is 2.25. The van der Waals surface area contributed by atoms with Gasteiger partial charge in [-0.15, -0.1) is 0 Å². The molecule has 0 aromatic carbocycles.